The summed E-state index contributed by atoms with van der Waals surface area (Å²) in [7, 11) is -3.13. The van der Waals surface area contributed by atoms with Crippen molar-refractivity contribution in [3.8, 4) is 0 Å². The summed E-state index contributed by atoms with van der Waals surface area (Å²) in [6, 6.07) is 5.75. The second-order valence-corrected chi connectivity index (χ2v) is 10.8. The summed E-state index contributed by atoms with van der Waals surface area (Å²) in [5.74, 6) is -2.57. The van der Waals surface area contributed by atoms with E-state index in [-0.39, 0.29) is 23.5 Å². The third-order valence-electron chi connectivity index (χ3n) is 5.45. The van der Waals surface area contributed by atoms with E-state index < -0.39 is 27.2 Å². The molecule has 0 unspecified atom stereocenters. The molecule has 3 rings (SSSR count). The number of nitrogens with one attached hydrogen (secondary N) is 1. The number of carboxylic acids is 1. The second kappa shape index (κ2) is 10.6. The van der Waals surface area contributed by atoms with Crippen LogP contribution in [0.25, 0.3) is 0 Å². The second-order valence-electron chi connectivity index (χ2n) is 8.42. The van der Waals surface area contributed by atoms with Crippen LogP contribution >= 0.6 is 0 Å². The predicted molar refractivity (Wildman–Crippen MR) is 110 cm³/mol. The summed E-state index contributed by atoms with van der Waals surface area (Å²) in [4.78, 5) is 27.9. The highest BCUT2D eigenvalue weighted by molar-refractivity contribution is 7.92. The fraction of sp³-hybridized carbons (Fsp3) is 0.650. The maximum Gasteiger partial charge on any atom is 0.490 e. The number of likely N-dealkylation sites (tertiary alicyclic amines) is 1. The molecule has 2 saturated heterocycles. The molecule has 2 fully saturated rings. The molecule has 0 saturated carbocycles. The molecule has 32 heavy (non-hydrogen) atoms. The zero-order chi connectivity index (χ0) is 24.1. The van der Waals surface area contributed by atoms with Gasteiger partial charge < -0.3 is 10.4 Å². The van der Waals surface area contributed by atoms with Crippen molar-refractivity contribution in [2.75, 3.05) is 25.4 Å². The van der Waals surface area contributed by atoms with Gasteiger partial charge in [-0.3, -0.25) is 14.7 Å². The Balaban J connectivity index is 0.000000451. The highest BCUT2D eigenvalue weighted by atomic mass is 32.2. The smallest absolute Gasteiger partial charge is 0.475 e. The van der Waals surface area contributed by atoms with Crippen LogP contribution in [0.15, 0.2) is 24.4 Å². The molecule has 1 amide bonds. The average Bonchev–Trinajstić information content (AvgIpc) is 3.12. The van der Waals surface area contributed by atoms with Gasteiger partial charge in [0.1, 0.15) is 0 Å². The fourth-order valence-electron chi connectivity index (χ4n) is 3.91. The molecule has 2 aliphatic heterocycles. The minimum Gasteiger partial charge on any atom is -0.475 e. The number of halogens is 3. The monoisotopic (exact) mass is 479 g/mol. The van der Waals surface area contributed by atoms with Gasteiger partial charge in [-0.2, -0.15) is 13.2 Å². The molecule has 0 bridgehead atoms. The Labute approximate surface area is 185 Å². The molecule has 8 nitrogen and oxygen atoms in total. The summed E-state index contributed by atoms with van der Waals surface area (Å²) >= 11 is 0. The first-order valence-corrected chi connectivity index (χ1v) is 11.9. The van der Waals surface area contributed by atoms with Gasteiger partial charge in [-0.15, -0.1) is 0 Å². The van der Waals surface area contributed by atoms with Gasteiger partial charge in [0.25, 0.3) is 0 Å². The number of nitrogens with zero attached hydrogens (tertiary/aromatic N) is 2. The largest absolute Gasteiger partial charge is 0.490 e. The Kier molecular flexibility index (Phi) is 8.63. The van der Waals surface area contributed by atoms with Gasteiger partial charge in [0.15, 0.2) is 9.84 Å². The number of pyridine rings is 1. The van der Waals surface area contributed by atoms with Crippen molar-refractivity contribution in [1.29, 1.82) is 0 Å². The molecule has 2 N–H and O–H groups in total. The SMILES string of the molecule is CC(C)CNC(=O)[C@H]1CCS(=O)(=O)[C@@H]2CN(Cc3ccccn3)C[C@H]12.O=C(O)C(F)(F)F. The zero-order valence-electron chi connectivity index (χ0n) is 17.9. The Morgan fingerprint density at radius 3 is 2.47 bits per heavy atom. The average molecular weight is 480 g/mol. The van der Waals surface area contributed by atoms with E-state index in [4.69, 9.17) is 9.90 Å². The van der Waals surface area contributed by atoms with Crippen LogP contribution in [0.3, 0.4) is 0 Å². The molecule has 3 atom stereocenters. The van der Waals surface area contributed by atoms with Crippen LogP contribution in [0.1, 0.15) is 26.0 Å². The molecular formula is C20H28F3N3O5S. The molecular weight excluding hydrogens is 451 g/mol. The maximum absolute atomic E-state index is 12.6. The number of amides is 1. The third kappa shape index (κ3) is 7.16. The molecule has 0 aromatic carbocycles. The number of hydrogen-bond acceptors (Lipinski definition) is 6. The molecule has 1 aromatic rings. The van der Waals surface area contributed by atoms with Gasteiger partial charge in [0, 0.05) is 44.2 Å². The number of fused-ring (bicyclic) bond motifs is 1. The number of rotatable bonds is 5. The van der Waals surface area contributed by atoms with Crippen LogP contribution in [-0.4, -0.2) is 72.1 Å². The van der Waals surface area contributed by atoms with Gasteiger partial charge in [-0.1, -0.05) is 19.9 Å². The number of aromatic nitrogens is 1. The maximum atomic E-state index is 12.6. The molecule has 12 heteroatoms. The number of carbonyl (C=O) groups is 2. The Morgan fingerprint density at radius 2 is 1.94 bits per heavy atom. The normalized spacial score (nSPS) is 24.9. The Bertz CT molecular complexity index is 893. The summed E-state index contributed by atoms with van der Waals surface area (Å²) in [5.41, 5.74) is 0.930. The van der Waals surface area contributed by atoms with Gasteiger partial charge >= 0.3 is 12.1 Å². The summed E-state index contributed by atoms with van der Waals surface area (Å²) in [6.07, 6.45) is -2.90. The van der Waals surface area contributed by atoms with Gasteiger partial charge in [0.05, 0.1) is 16.7 Å². The molecule has 3 heterocycles. The molecule has 0 spiro atoms. The third-order valence-corrected chi connectivity index (χ3v) is 7.68. The topological polar surface area (TPSA) is 117 Å². The van der Waals surface area contributed by atoms with E-state index in [1.807, 2.05) is 18.2 Å². The highest BCUT2D eigenvalue weighted by Crippen LogP contribution is 2.37. The van der Waals surface area contributed by atoms with Crippen molar-refractivity contribution < 1.29 is 36.3 Å². The Hall–Kier alpha value is -2.21. The number of carbonyl (C=O) groups excluding carboxylic acids is 1. The van der Waals surface area contributed by atoms with E-state index in [0.717, 1.165) is 5.69 Å². The summed E-state index contributed by atoms with van der Waals surface area (Å²) in [6.45, 7) is 6.51. The highest BCUT2D eigenvalue weighted by Gasteiger charge is 2.50. The predicted octanol–water partition coefficient (Wildman–Crippen LogP) is 1.72. The first-order valence-electron chi connectivity index (χ1n) is 10.2. The van der Waals surface area contributed by atoms with E-state index in [0.29, 0.717) is 38.5 Å². The van der Waals surface area contributed by atoms with Gasteiger partial charge in [-0.25, -0.2) is 13.2 Å². The number of sulfone groups is 1. The standard InChI is InChI=1S/C18H27N3O3S.C2HF3O2/c1-13(2)9-20-18(22)15-6-8-25(23,24)17-12-21(11-16(15)17)10-14-5-3-4-7-19-14;3-2(4,5)1(6)7/h3-5,7,13,15-17H,6,8-12H2,1-2H3,(H,20,22);(H,6,7)/t15-,16+,17+;/m0./s1. The van der Waals surface area contributed by atoms with Crippen LogP contribution in [0.5, 0.6) is 0 Å². The van der Waals surface area contributed by atoms with E-state index in [9.17, 15) is 26.4 Å². The molecule has 1 aromatic heterocycles. The first kappa shape index (κ1) is 26.0. The number of aliphatic carboxylic acids is 1. The van der Waals surface area contributed by atoms with Crippen LogP contribution < -0.4 is 5.32 Å². The van der Waals surface area contributed by atoms with E-state index in [1.165, 1.54) is 0 Å². The summed E-state index contributed by atoms with van der Waals surface area (Å²) in [5, 5.41) is 9.69. The van der Waals surface area contributed by atoms with Gasteiger partial charge in [-0.05, 0) is 24.5 Å². The van der Waals surface area contributed by atoms with Crippen molar-refractivity contribution >= 4 is 21.7 Å². The zero-order valence-corrected chi connectivity index (χ0v) is 18.7. The lowest BCUT2D eigenvalue weighted by Crippen LogP contribution is -2.47. The first-order chi connectivity index (χ1) is 14.8. The van der Waals surface area contributed by atoms with E-state index in [1.54, 1.807) is 6.20 Å². The lowest BCUT2D eigenvalue weighted by Gasteiger charge is -2.32. The number of hydrogen-bond donors (Lipinski definition) is 2. The Morgan fingerprint density at radius 1 is 1.28 bits per heavy atom. The van der Waals surface area contributed by atoms with Crippen molar-refractivity contribution in [3.63, 3.8) is 0 Å². The van der Waals surface area contributed by atoms with Gasteiger partial charge in [0.2, 0.25) is 5.91 Å². The van der Waals surface area contributed by atoms with Crippen molar-refractivity contribution in [3.05, 3.63) is 30.1 Å². The number of carboxylic acid groups (broad SMARTS) is 1. The molecule has 180 valence electrons. The van der Waals surface area contributed by atoms with E-state index >= 15 is 0 Å². The molecule has 2 aliphatic rings. The molecule has 0 aliphatic carbocycles. The minimum atomic E-state index is -5.08. The lowest BCUT2D eigenvalue weighted by molar-refractivity contribution is -0.192. The quantitative estimate of drug-likeness (QED) is 0.661. The van der Waals surface area contributed by atoms with Crippen molar-refractivity contribution in [2.45, 2.75) is 38.2 Å². The van der Waals surface area contributed by atoms with Crippen LogP contribution in [-0.2, 0) is 26.0 Å². The summed E-state index contributed by atoms with van der Waals surface area (Å²) < 4.78 is 56.8. The van der Waals surface area contributed by atoms with Crippen LogP contribution in [0.4, 0.5) is 13.2 Å². The lowest BCUT2D eigenvalue weighted by atomic mass is 9.87. The van der Waals surface area contributed by atoms with Crippen LogP contribution in [0.2, 0.25) is 0 Å². The number of alkyl halides is 3. The van der Waals surface area contributed by atoms with Crippen molar-refractivity contribution in [1.82, 2.24) is 15.2 Å². The van der Waals surface area contributed by atoms with Crippen molar-refractivity contribution in [2.24, 2.45) is 17.8 Å². The van der Waals surface area contributed by atoms with Crippen LogP contribution in [0, 0.1) is 17.8 Å². The molecule has 0 radical (unpaired) electrons. The minimum absolute atomic E-state index is 0.0123. The van der Waals surface area contributed by atoms with E-state index in [2.05, 4.69) is 29.0 Å². The fourth-order valence-corrected chi connectivity index (χ4v) is 6.05.